The number of para-hydroxylation sites is 1. The molecule has 0 spiro atoms. The van der Waals surface area contributed by atoms with E-state index >= 15 is 0 Å². The molecule has 3 aromatic rings. The second-order valence-corrected chi connectivity index (χ2v) is 11.1. The summed E-state index contributed by atoms with van der Waals surface area (Å²) in [7, 11) is 1.67. The third-order valence-corrected chi connectivity index (χ3v) is 7.87. The summed E-state index contributed by atoms with van der Waals surface area (Å²) in [6.07, 6.45) is 0.894. The molecule has 0 radical (unpaired) electrons. The first kappa shape index (κ1) is 22.0. The smallest absolute Gasteiger partial charge is 0.237 e. The van der Waals surface area contributed by atoms with Gasteiger partial charge in [0.1, 0.15) is 5.75 Å². The summed E-state index contributed by atoms with van der Waals surface area (Å²) < 4.78 is 8.62. The van der Waals surface area contributed by atoms with Crippen molar-refractivity contribution in [1.29, 1.82) is 0 Å². The van der Waals surface area contributed by atoms with Crippen LogP contribution in [0.3, 0.4) is 0 Å². The van der Waals surface area contributed by atoms with E-state index in [1.807, 2.05) is 47.4 Å². The van der Waals surface area contributed by atoms with Gasteiger partial charge >= 0.3 is 0 Å². The van der Waals surface area contributed by atoms with Gasteiger partial charge in [0.2, 0.25) is 5.91 Å². The fraction of sp³-hybridized carbons (Fsp3) is 0.348. The Balaban J connectivity index is 1.56. The molecule has 1 aliphatic rings. The first-order valence-electron chi connectivity index (χ1n) is 10.1. The SMILES string of the molecule is COc1ccc2c(c1)[C@H](C)CC(C)(C)N2C(=O)CSc1nn(-c2ccccc2)c(=S)s1. The van der Waals surface area contributed by atoms with Crippen LogP contribution in [0.1, 0.15) is 38.7 Å². The Hall–Kier alpha value is -2.16. The molecule has 0 saturated heterocycles. The molecule has 0 aliphatic carbocycles. The molecule has 31 heavy (non-hydrogen) atoms. The Bertz CT molecular complexity index is 1150. The molecule has 1 aliphatic heterocycles. The molecule has 1 aromatic heterocycles. The van der Waals surface area contributed by atoms with Gasteiger partial charge in [0.05, 0.1) is 18.6 Å². The quantitative estimate of drug-likeness (QED) is 0.333. The molecule has 2 aromatic carbocycles. The maximum atomic E-state index is 13.4. The number of carbonyl (C=O) groups is 1. The zero-order chi connectivity index (χ0) is 22.2. The zero-order valence-electron chi connectivity index (χ0n) is 18.0. The highest BCUT2D eigenvalue weighted by atomic mass is 32.2. The predicted octanol–water partition coefficient (Wildman–Crippen LogP) is 6.08. The van der Waals surface area contributed by atoms with Crippen molar-refractivity contribution in [2.45, 2.75) is 43.0 Å². The topological polar surface area (TPSA) is 47.4 Å². The van der Waals surface area contributed by atoms with Crippen molar-refractivity contribution in [2.24, 2.45) is 0 Å². The fourth-order valence-corrected chi connectivity index (χ4v) is 6.46. The third kappa shape index (κ3) is 4.42. The molecule has 0 fully saturated rings. The van der Waals surface area contributed by atoms with Gasteiger partial charge in [-0.2, -0.15) is 0 Å². The van der Waals surface area contributed by atoms with E-state index in [4.69, 9.17) is 17.0 Å². The number of benzene rings is 2. The monoisotopic (exact) mass is 471 g/mol. The van der Waals surface area contributed by atoms with Crippen LogP contribution in [0.25, 0.3) is 5.69 Å². The van der Waals surface area contributed by atoms with Crippen LogP contribution >= 0.6 is 35.3 Å². The first-order chi connectivity index (χ1) is 14.8. The molecule has 2 heterocycles. The number of fused-ring (bicyclic) bond motifs is 1. The summed E-state index contributed by atoms with van der Waals surface area (Å²) in [5.41, 5.74) is 2.78. The van der Waals surface area contributed by atoms with Crippen molar-refractivity contribution in [2.75, 3.05) is 17.8 Å². The average Bonchev–Trinajstić information content (AvgIpc) is 3.12. The van der Waals surface area contributed by atoms with E-state index in [0.29, 0.717) is 15.6 Å². The van der Waals surface area contributed by atoms with Crippen molar-refractivity contribution in [3.63, 3.8) is 0 Å². The zero-order valence-corrected chi connectivity index (χ0v) is 20.4. The van der Waals surface area contributed by atoms with Crippen LogP contribution in [0.2, 0.25) is 0 Å². The van der Waals surface area contributed by atoms with Gasteiger partial charge in [-0.3, -0.25) is 4.79 Å². The van der Waals surface area contributed by atoms with Crippen molar-refractivity contribution < 1.29 is 9.53 Å². The number of ether oxygens (including phenoxy) is 1. The summed E-state index contributed by atoms with van der Waals surface area (Å²) in [5.74, 6) is 1.54. The van der Waals surface area contributed by atoms with Gasteiger partial charge in [0.15, 0.2) is 8.29 Å². The number of carbonyl (C=O) groups excluding carboxylic acids is 1. The largest absolute Gasteiger partial charge is 0.497 e. The van der Waals surface area contributed by atoms with Gasteiger partial charge in [-0.25, -0.2) is 4.68 Å². The summed E-state index contributed by atoms with van der Waals surface area (Å²) in [6, 6.07) is 15.8. The number of hydrogen-bond acceptors (Lipinski definition) is 6. The summed E-state index contributed by atoms with van der Waals surface area (Å²) in [6.45, 7) is 6.47. The number of hydrogen-bond donors (Lipinski definition) is 0. The van der Waals surface area contributed by atoms with Crippen LogP contribution in [-0.2, 0) is 4.79 Å². The molecule has 4 rings (SSSR count). The van der Waals surface area contributed by atoms with E-state index in [9.17, 15) is 4.79 Å². The molecule has 5 nitrogen and oxygen atoms in total. The van der Waals surface area contributed by atoms with Gasteiger partial charge in [-0.05, 0) is 74.3 Å². The lowest BCUT2D eigenvalue weighted by Gasteiger charge is -2.46. The van der Waals surface area contributed by atoms with Gasteiger partial charge in [-0.15, -0.1) is 5.10 Å². The van der Waals surface area contributed by atoms with E-state index in [-0.39, 0.29) is 11.4 Å². The van der Waals surface area contributed by atoms with E-state index < -0.39 is 0 Å². The van der Waals surface area contributed by atoms with Gasteiger partial charge in [0, 0.05) is 11.2 Å². The number of amides is 1. The normalized spacial score (nSPS) is 17.3. The van der Waals surface area contributed by atoms with Crippen LogP contribution < -0.4 is 9.64 Å². The Morgan fingerprint density at radius 2 is 2.03 bits per heavy atom. The predicted molar refractivity (Wildman–Crippen MR) is 131 cm³/mol. The van der Waals surface area contributed by atoms with Gasteiger partial charge < -0.3 is 9.64 Å². The van der Waals surface area contributed by atoms with Crippen LogP contribution in [0, 0.1) is 3.95 Å². The molecular formula is C23H25N3O2S3. The Labute approximate surface area is 196 Å². The maximum absolute atomic E-state index is 13.4. The fourth-order valence-electron chi connectivity index (χ4n) is 4.25. The molecule has 1 amide bonds. The molecule has 0 bridgehead atoms. The van der Waals surface area contributed by atoms with Crippen molar-refractivity contribution in [1.82, 2.24) is 9.78 Å². The number of aromatic nitrogens is 2. The highest BCUT2D eigenvalue weighted by Gasteiger charge is 2.40. The van der Waals surface area contributed by atoms with E-state index in [2.05, 4.69) is 31.9 Å². The standard InChI is InChI=1S/C23H25N3O2S3/c1-15-13-23(2,3)25(19-11-10-17(28-4)12-18(15)19)20(27)14-30-21-24-26(22(29)31-21)16-8-6-5-7-9-16/h5-12,15H,13-14H2,1-4H3/t15-/m1/s1. The minimum atomic E-state index is -0.269. The molecule has 162 valence electrons. The number of nitrogens with zero attached hydrogens (tertiary/aromatic N) is 3. The van der Waals surface area contributed by atoms with Crippen LogP contribution in [0.4, 0.5) is 5.69 Å². The van der Waals surface area contributed by atoms with Crippen LogP contribution in [0.15, 0.2) is 52.9 Å². The molecule has 1 atom stereocenters. The summed E-state index contributed by atoms with van der Waals surface area (Å²) >= 11 is 8.35. The number of thioether (sulfide) groups is 1. The van der Waals surface area contributed by atoms with E-state index in [1.54, 1.807) is 11.8 Å². The van der Waals surface area contributed by atoms with Crippen molar-refractivity contribution in [3.8, 4) is 11.4 Å². The van der Waals surface area contributed by atoms with Crippen molar-refractivity contribution >= 4 is 46.9 Å². The Morgan fingerprint density at radius 3 is 2.74 bits per heavy atom. The maximum Gasteiger partial charge on any atom is 0.237 e. The van der Waals surface area contributed by atoms with Crippen LogP contribution in [0.5, 0.6) is 5.75 Å². The lowest BCUT2D eigenvalue weighted by Crippen LogP contribution is -2.52. The molecular weight excluding hydrogens is 446 g/mol. The molecule has 8 heteroatoms. The number of rotatable bonds is 5. The first-order valence-corrected chi connectivity index (χ1v) is 12.3. The highest BCUT2D eigenvalue weighted by Crippen LogP contribution is 2.45. The second kappa shape index (κ2) is 8.76. The second-order valence-electron chi connectivity index (χ2n) is 8.24. The van der Waals surface area contributed by atoms with E-state index in [1.165, 1.54) is 23.1 Å². The Morgan fingerprint density at radius 1 is 1.29 bits per heavy atom. The minimum absolute atomic E-state index is 0.0701. The van der Waals surface area contributed by atoms with Crippen LogP contribution in [-0.4, -0.2) is 34.1 Å². The summed E-state index contributed by atoms with van der Waals surface area (Å²) in [4.78, 5) is 15.3. The summed E-state index contributed by atoms with van der Waals surface area (Å²) in [5, 5.41) is 4.62. The Kier molecular flexibility index (Phi) is 6.23. The average molecular weight is 472 g/mol. The molecule has 0 N–H and O–H groups in total. The molecule has 0 unspecified atom stereocenters. The minimum Gasteiger partial charge on any atom is -0.497 e. The van der Waals surface area contributed by atoms with Gasteiger partial charge in [0.25, 0.3) is 0 Å². The van der Waals surface area contributed by atoms with Crippen molar-refractivity contribution in [3.05, 3.63) is 58.0 Å². The van der Waals surface area contributed by atoms with E-state index in [0.717, 1.165) is 33.4 Å². The molecule has 0 saturated carbocycles. The van der Waals surface area contributed by atoms with Gasteiger partial charge in [-0.1, -0.05) is 48.2 Å². The number of anilines is 1. The lowest BCUT2D eigenvalue weighted by atomic mass is 9.80. The number of methoxy groups -OCH3 is 1. The third-order valence-electron chi connectivity index (χ3n) is 5.52. The lowest BCUT2D eigenvalue weighted by molar-refractivity contribution is -0.117. The highest BCUT2D eigenvalue weighted by molar-refractivity contribution is 8.01.